The molecule has 0 aliphatic heterocycles. The van der Waals surface area contributed by atoms with Crippen molar-refractivity contribution in [2.75, 3.05) is 5.32 Å². The molecule has 3 N–H and O–H groups in total. The van der Waals surface area contributed by atoms with E-state index in [4.69, 9.17) is 5.73 Å². The average Bonchev–Trinajstić information content (AvgIpc) is 2.78. The summed E-state index contributed by atoms with van der Waals surface area (Å²) in [5.74, 6) is -0.756. The summed E-state index contributed by atoms with van der Waals surface area (Å²) in [7, 11) is 0. The Morgan fingerprint density at radius 2 is 2.14 bits per heavy atom. The molecule has 0 bridgehead atoms. The van der Waals surface area contributed by atoms with Crippen LogP contribution in [0.4, 0.5) is 10.1 Å². The maximum Gasteiger partial charge on any atom is 0.241 e. The smallest absolute Gasteiger partial charge is 0.241 e. The van der Waals surface area contributed by atoms with Crippen molar-refractivity contribution in [2.24, 2.45) is 5.73 Å². The molecule has 0 fully saturated rings. The number of nitrogens with one attached hydrogen (secondary N) is 1. The molecule has 2 rings (SSSR count). The zero-order chi connectivity index (χ0) is 16.3. The quantitative estimate of drug-likeness (QED) is 0.892. The summed E-state index contributed by atoms with van der Waals surface area (Å²) in [5.41, 5.74) is 8.14. The van der Waals surface area contributed by atoms with Crippen LogP contribution < -0.4 is 11.1 Å². The van der Waals surface area contributed by atoms with Crippen molar-refractivity contribution in [1.82, 2.24) is 9.78 Å². The number of halogens is 1. The number of hydrogen-bond acceptors (Lipinski definition) is 3. The van der Waals surface area contributed by atoms with Gasteiger partial charge >= 0.3 is 0 Å². The number of hydrogen-bond donors (Lipinski definition) is 2. The molecular formula is C16H21FN4O. The standard InChI is InChI=1S/C16H21FN4O/c1-4-5-14(18)16(22)19-12-6-7-15(13(17)9-12)21-11(3)8-10(2)20-21/h6-9,14H,4-5,18H2,1-3H3,(H,19,22). The lowest BCUT2D eigenvalue weighted by molar-refractivity contribution is -0.117. The first kappa shape index (κ1) is 16.2. The SMILES string of the molecule is CCCC(N)C(=O)Nc1ccc(-n2nc(C)cc2C)c(F)c1. The van der Waals surface area contributed by atoms with E-state index in [1.54, 1.807) is 16.8 Å². The maximum atomic E-state index is 14.3. The number of rotatable bonds is 5. The van der Waals surface area contributed by atoms with Crippen LogP contribution in [-0.2, 0) is 4.79 Å². The molecule has 1 unspecified atom stereocenters. The lowest BCUT2D eigenvalue weighted by atomic mass is 10.1. The van der Waals surface area contributed by atoms with Crippen molar-refractivity contribution in [2.45, 2.75) is 39.7 Å². The monoisotopic (exact) mass is 304 g/mol. The molecule has 22 heavy (non-hydrogen) atoms. The molecule has 1 heterocycles. The van der Waals surface area contributed by atoms with Gasteiger partial charge in [0, 0.05) is 11.4 Å². The van der Waals surface area contributed by atoms with Crippen LogP contribution in [0.2, 0.25) is 0 Å². The molecule has 1 aromatic heterocycles. The summed E-state index contributed by atoms with van der Waals surface area (Å²) in [5, 5.41) is 6.89. The summed E-state index contributed by atoms with van der Waals surface area (Å²) in [4.78, 5) is 11.8. The Labute approximate surface area is 129 Å². The largest absolute Gasteiger partial charge is 0.325 e. The number of benzene rings is 1. The van der Waals surface area contributed by atoms with Crippen molar-refractivity contribution in [3.05, 3.63) is 41.5 Å². The van der Waals surface area contributed by atoms with Gasteiger partial charge < -0.3 is 11.1 Å². The van der Waals surface area contributed by atoms with Gasteiger partial charge in [-0.3, -0.25) is 4.79 Å². The van der Waals surface area contributed by atoms with E-state index in [0.717, 1.165) is 17.8 Å². The number of carbonyl (C=O) groups excluding carboxylic acids is 1. The Morgan fingerprint density at radius 1 is 1.41 bits per heavy atom. The van der Waals surface area contributed by atoms with Gasteiger partial charge in [-0.25, -0.2) is 9.07 Å². The van der Waals surface area contributed by atoms with E-state index in [0.29, 0.717) is 17.8 Å². The second kappa shape index (κ2) is 6.70. The summed E-state index contributed by atoms with van der Waals surface area (Å²) < 4.78 is 15.8. The fourth-order valence-electron chi connectivity index (χ4n) is 2.31. The lowest BCUT2D eigenvalue weighted by Crippen LogP contribution is -2.35. The van der Waals surface area contributed by atoms with Crippen LogP contribution in [0.5, 0.6) is 0 Å². The molecular weight excluding hydrogens is 283 g/mol. The highest BCUT2D eigenvalue weighted by atomic mass is 19.1. The molecule has 0 saturated carbocycles. The third-order valence-electron chi connectivity index (χ3n) is 3.39. The van der Waals surface area contributed by atoms with Gasteiger partial charge in [-0.15, -0.1) is 0 Å². The first-order chi connectivity index (χ1) is 10.4. The summed E-state index contributed by atoms with van der Waals surface area (Å²) in [6.07, 6.45) is 1.41. The van der Waals surface area contributed by atoms with E-state index in [9.17, 15) is 9.18 Å². The minimum atomic E-state index is -0.580. The average molecular weight is 304 g/mol. The molecule has 0 radical (unpaired) electrons. The molecule has 0 spiro atoms. The molecule has 1 aromatic carbocycles. The van der Waals surface area contributed by atoms with Gasteiger partial charge in [0.1, 0.15) is 5.69 Å². The number of aryl methyl sites for hydroxylation is 2. The van der Waals surface area contributed by atoms with Gasteiger partial charge in [-0.2, -0.15) is 5.10 Å². The van der Waals surface area contributed by atoms with Gasteiger partial charge in [0.25, 0.3) is 0 Å². The van der Waals surface area contributed by atoms with Crippen molar-refractivity contribution in [3.63, 3.8) is 0 Å². The van der Waals surface area contributed by atoms with Crippen LogP contribution in [0.1, 0.15) is 31.2 Å². The highest BCUT2D eigenvalue weighted by Crippen LogP contribution is 2.20. The van der Waals surface area contributed by atoms with Crippen LogP contribution in [0, 0.1) is 19.7 Å². The summed E-state index contributed by atoms with van der Waals surface area (Å²) in [6.45, 7) is 5.67. The van der Waals surface area contributed by atoms with E-state index in [-0.39, 0.29) is 5.91 Å². The van der Waals surface area contributed by atoms with Crippen LogP contribution >= 0.6 is 0 Å². The predicted octanol–water partition coefficient (Wildman–Crippen LogP) is 2.69. The van der Waals surface area contributed by atoms with Crippen LogP contribution in [0.15, 0.2) is 24.3 Å². The van der Waals surface area contributed by atoms with E-state index in [2.05, 4.69) is 10.4 Å². The molecule has 0 aliphatic carbocycles. The molecule has 1 amide bonds. The molecule has 0 saturated heterocycles. The van der Waals surface area contributed by atoms with Crippen LogP contribution in [0.3, 0.4) is 0 Å². The molecule has 6 heteroatoms. The minimum absolute atomic E-state index is 0.305. The van der Waals surface area contributed by atoms with Gasteiger partial charge in [0.05, 0.1) is 11.7 Å². The van der Waals surface area contributed by atoms with Crippen LogP contribution in [0.25, 0.3) is 5.69 Å². The van der Waals surface area contributed by atoms with Gasteiger partial charge in [0.15, 0.2) is 5.82 Å². The van der Waals surface area contributed by atoms with E-state index >= 15 is 0 Å². The normalized spacial score (nSPS) is 12.2. The Balaban J connectivity index is 2.20. The summed E-state index contributed by atoms with van der Waals surface area (Å²) >= 11 is 0. The van der Waals surface area contributed by atoms with Crippen molar-refractivity contribution in [3.8, 4) is 5.69 Å². The number of amides is 1. The first-order valence-electron chi connectivity index (χ1n) is 7.32. The highest BCUT2D eigenvalue weighted by Gasteiger charge is 2.14. The third-order valence-corrected chi connectivity index (χ3v) is 3.39. The third kappa shape index (κ3) is 3.51. The van der Waals surface area contributed by atoms with Gasteiger partial charge in [-0.1, -0.05) is 13.3 Å². The second-order valence-corrected chi connectivity index (χ2v) is 5.39. The number of nitrogens with two attached hydrogens (primary N) is 1. The molecule has 2 aromatic rings. The Morgan fingerprint density at radius 3 is 2.68 bits per heavy atom. The van der Waals surface area contributed by atoms with Crippen LogP contribution in [-0.4, -0.2) is 21.7 Å². The minimum Gasteiger partial charge on any atom is -0.325 e. The molecule has 5 nitrogen and oxygen atoms in total. The van der Waals surface area contributed by atoms with E-state index in [1.807, 2.05) is 26.8 Å². The lowest BCUT2D eigenvalue weighted by Gasteiger charge is -2.12. The zero-order valence-electron chi connectivity index (χ0n) is 13.1. The Bertz CT molecular complexity index is 681. The number of anilines is 1. The fraction of sp³-hybridized carbons (Fsp3) is 0.375. The fourth-order valence-corrected chi connectivity index (χ4v) is 2.31. The number of aromatic nitrogens is 2. The topological polar surface area (TPSA) is 72.9 Å². The van der Waals surface area contributed by atoms with Crippen molar-refractivity contribution >= 4 is 11.6 Å². The maximum absolute atomic E-state index is 14.3. The molecule has 0 aliphatic rings. The van der Waals surface area contributed by atoms with E-state index in [1.165, 1.54) is 6.07 Å². The van der Waals surface area contributed by atoms with Gasteiger partial charge in [0.2, 0.25) is 5.91 Å². The first-order valence-corrected chi connectivity index (χ1v) is 7.32. The second-order valence-electron chi connectivity index (χ2n) is 5.39. The number of nitrogens with zero attached hydrogens (tertiary/aromatic N) is 2. The predicted molar refractivity (Wildman–Crippen MR) is 84.5 cm³/mol. The van der Waals surface area contributed by atoms with Crippen molar-refractivity contribution < 1.29 is 9.18 Å². The van der Waals surface area contributed by atoms with Gasteiger partial charge in [-0.05, 0) is 44.5 Å². The molecule has 1 atom stereocenters. The summed E-state index contributed by atoms with van der Waals surface area (Å²) in [6, 6.07) is 5.81. The highest BCUT2D eigenvalue weighted by molar-refractivity contribution is 5.94. The zero-order valence-corrected chi connectivity index (χ0v) is 13.1. The van der Waals surface area contributed by atoms with E-state index < -0.39 is 11.9 Å². The van der Waals surface area contributed by atoms with Crippen molar-refractivity contribution in [1.29, 1.82) is 0 Å². The number of carbonyl (C=O) groups is 1. The Kier molecular flexibility index (Phi) is 4.92. The Hall–Kier alpha value is -2.21. The molecule has 118 valence electrons.